The number of carbonyl (C=O) groups excluding carboxylic acids is 1. The summed E-state index contributed by atoms with van der Waals surface area (Å²) in [6.07, 6.45) is 0. The van der Waals surface area contributed by atoms with Crippen LogP contribution in [0, 0.1) is 5.92 Å². The fourth-order valence-electron chi connectivity index (χ4n) is 2.96. The summed E-state index contributed by atoms with van der Waals surface area (Å²) in [6, 6.07) is 9.95. The first kappa shape index (κ1) is 25.5. The third-order valence-corrected chi connectivity index (χ3v) is 4.62. The van der Waals surface area contributed by atoms with Gasteiger partial charge in [0.2, 0.25) is 5.91 Å². The van der Waals surface area contributed by atoms with Gasteiger partial charge in [-0.1, -0.05) is 32.0 Å². The number of amides is 1. The van der Waals surface area contributed by atoms with E-state index in [2.05, 4.69) is 32.3 Å². The van der Waals surface area contributed by atoms with Crippen LogP contribution in [0.2, 0.25) is 0 Å². The summed E-state index contributed by atoms with van der Waals surface area (Å²) < 4.78 is 5.80. The lowest BCUT2D eigenvalue weighted by molar-refractivity contribution is -0.123. The maximum Gasteiger partial charge on any atom is 0.222 e. The first-order chi connectivity index (χ1) is 13.6. The highest BCUT2D eigenvalue weighted by molar-refractivity contribution is 14.0. The summed E-state index contributed by atoms with van der Waals surface area (Å²) in [5.41, 5.74) is 0. The van der Waals surface area contributed by atoms with Crippen LogP contribution in [0.4, 0.5) is 0 Å². The zero-order chi connectivity index (χ0) is 20.2. The molecule has 164 valence electrons. The van der Waals surface area contributed by atoms with Gasteiger partial charge in [0.15, 0.2) is 5.96 Å². The van der Waals surface area contributed by atoms with Crippen molar-refractivity contribution in [3.63, 3.8) is 0 Å². The Kier molecular flexibility index (Phi) is 12.7. The average Bonchev–Trinajstić information content (AvgIpc) is 2.71. The van der Waals surface area contributed by atoms with Crippen molar-refractivity contribution < 1.29 is 9.53 Å². The summed E-state index contributed by atoms with van der Waals surface area (Å²) in [7, 11) is 0. The normalized spacial score (nSPS) is 15.0. The topological polar surface area (TPSA) is 69.2 Å². The molecule has 0 bridgehead atoms. The predicted molar refractivity (Wildman–Crippen MR) is 129 cm³/mol. The van der Waals surface area contributed by atoms with Gasteiger partial charge in [0.1, 0.15) is 12.4 Å². The van der Waals surface area contributed by atoms with Crippen LogP contribution in [-0.4, -0.2) is 80.6 Å². The molecule has 1 aromatic carbocycles. The lowest BCUT2D eigenvalue weighted by Gasteiger charge is -2.36. The standard InChI is InChI=1S/C21H35N5O2.HI/c1-4-22-21(24-11-10-23-20(27)18(2)3)26-14-12-25(13-15-26)16-17-28-19-8-6-5-7-9-19;/h5-9,18H,4,10-17H2,1-3H3,(H,22,24)(H,23,27);1H. The molecular weight excluding hydrogens is 481 g/mol. The molecule has 1 aliphatic rings. The molecule has 1 aliphatic heterocycles. The summed E-state index contributed by atoms with van der Waals surface area (Å²) in [5, 5.41) is 6.27. The number of carbonyl (C=O) groups is 1. The van der Waals surface area contributed by atoms with Crippen LogP contribution in [0.3, 0.4) is 0 Å². The second-order valence-electron chi connectivity index (χ2n) is 7.17. The second kappa shape index (κ2) is 14.4. The third kappa shape index (κ3) is 9.66. The minimum atomic E-state index is 0. The first-order valence-electron chi connectivity index (χ1n) is 10.3. The van der Waals surface area contributed by atoms with E-state index in [9.17, 15) is 4.79 Å². The molecule has 8 heteroatoms. The van der Waals surface area contributed by atoms with Crippen molar-refractivity contribution >= 4 is 35.8 Å². The zero-order valence-electron chi connectivity index (χ0n) is 17.9. The van der Waals surface area contributed by atoms with E-state index in [0.29, 0.717) is 19.7 Å². The number of benzene rings is 1. The molecule has 0 unspecified atom stereocenters. The fraction of sp³-hybridized carbons (Fsp3) is 0.619. The van der Waals surface area contributed by atoms with E-state index in [0.717, 1.165) is 51.0 Å². The highest BCUT2D eigenvalue weighted by Gasteiger charge is 2.19. The molecule has 0 aromatic heterocycles. The average molecular weight is 517 g/mol. The Bertz CT molecular complexity index is 604. The van der Waals surface area contributed by atoms with Gasteiger partial charge in [-0.05, 0) is 19.1 Å². The minimum absolute atomic E-state index is 0. The molecule has 0 aliphatic carbocycles. The molecule has 29 heavy (non-hydrogen) atoms. The number of rotatable bonds is 9. The van der Waals surface area contributed by atoms with Gasteiger partial charge in [-0.15, -0.1) is 24.0 Å². The Labute approximate surface area is 192 Å². The monoisotopic (exact) mass is 517 g/mol. The highest BCUT2D eigenvalue weighted by Crippen LogP contribution is 2.08. The Balaban J connectivity index is 0.00000420. The maximum atomic E-state index is 11.6. The number of piperazine rings is 1. The largest absolute Gasteiger partial charge is 0.492 e. The van der Waals surface area contributed by atoms with Crippen molar-refractivity contribution in [2.75, 3.05) is 59.0 Å². The Hall–Kier alpha value is -1.55. The van der Waals surface area contributed by atoms with Crippen molar-refractivity contribution in [1.82, 2.24) is 20.4 Å². The number of nitrogens with zero attached hydrogens (tertiary/aromatic N) is 3. The van der Waals surface area contributed by atoms with Gasteiger partial charge in [0, 0.05) is 51.7 Å². The van der Waals surface area contributed by atoms with E-state index in [1.807, 2.05) is 44.2 Å². The van der Waals surface area contributed by atoms with Crippen molar-refractivity contribution in [3.8, 4) is 5.75 Å². The molecule has 1 saturated heterocycles. The highest BCUT2D eigenvalue weighted by atomic mass is 127. The van der Waals surface area contributed by atoms with Crippen molar-refractivity contribution in [1.29, 1.82) is 0 Å². The molecule has 1 fully saturated rings. The fourth-order valence-corrected chi connectivity index (χ4v) is 2.96. The summed E-state index contributed by atoms with van der Waals surface area (Å²) in [4.78, 5) is 21.0. The van der Waals surface area contributed by atoms with Gasteiger partial charge < -0.3 is 20.3 Å². The molecule has 7 nitrogen and oxygen atoms in total. The van der Waals surface area contributed by atoms with E-state index in [-0.39, 0.29) is 35.8 Å². The minimum Gasteiger partial charge on any atom is -0.492 e. The molecule has 0 spiro atoms. The molecule has 2 N–H and O–H groups in total. The number of nitrogens with one attached hydrogen (secondary N) is 2. The summed E-state index contributed by atoms with van der Waals surface area (Å²) in [5.74, 6) is 1.94. The number of ether oxygens (including phenoxy) is 1. The third-order valence-electron chi connectivity index (χ3n) is 4.62. The summed E-state index contributed by atoms with van der Waals surface area (Å²) in [6.45, 7) is 13.4. The van der Waals surface area contributed by atoms with Gasteiger partial charge in [-0.3, -0.25) is 14.7 Å². The van der Waals surface area contributed by atoms with E-state index in [4.69, 9.17) is 4.74 Å². The SMILES string of the molecule is CCNC(=NCCNC(=O)C(C)C)N1CCN(CCOc2ccccc2)CC1.I. The van der Waals surface area contributed by atoms with Gasteiger partial charge in [-0.2, -0.15) is 0 Å². The van der Waals surface area contributed by atoms with E-state index in [1.165, 1.54) is 0 Å². The smallest absolute Gasteiger partial charge is 0.222 e. The number of para-hydroxylation sites is 1. The van der Waals surface area contributed by atoms with Crippen LogP contribution in [0.15, 0.2) is 35.3 Å². The number of hydrogen-bond acceptors (Lipinski definition) is 4. The van der Waals surface area contributed by atoms with Gasteiger partial charge >= 0.3 is 0 Å². The molecular formula is C21H36IN5O2. The van der Waals surface area contributed by atoms with Crippen LogP contribution >= 0.6 is 24.0 Å². The maximum absolute atomic E-state index is 11.6. The molecule has 0 saturated carbocycles. The number of halogens is 1. The van der Waals surface area contributed by atoms with Crippen LogP contribution in [0.5, 0.6) is 5.75 Å². The lowest BCUT2D eigenvalue weighted by atomic mass is 10.2. The quantitative estimate of drug-likeness (QED) is 0.227. The van der Waals surface area contributed by atoms with E-state index < -0.39 is 0 Å². The Morgan fingerprint density at radius 2 is 1.83 bits per heavy atom. The van der Waals surface area contributed by atoms with Crippen LogP contribution in [0.25, 0.3) is 0 Å². The Morgan fingerprint density at radius 3 is 2.45 bits per heavy atom. The van der Waals surface area contributed by atoms with Crippen LogP contribution < -0.4 is 15.4 Å². The van der Waals surface area contributed by atoms with Crippen molar-refractivity contribution in [2.45, 2.75) is 20.8 Å². The summed E-state index contributed by atoms with van der Waals surface area (Å²) >= 11 is 0. The van der Waals surface area contributed by atoms with E-state index >= 15 is 0 Å². The molecule has 0 atom stereocenters. The van der Waals surface area contributed by atoms with Gasteiger partial charge in [0.05, 0.1) is 6.54 Å². The van der Waals surface area contributed by atoms with Gasteiger partial charge in [-0.25, -0.2) is 0 Å². The van der Waals surface area contributed by atoms with Crippen molar-refractivity contribution in [2.24, 2.45) is 10.9 Å². The molecule has 1 amide bonds. The molecule has 0 radical (unpaired) electrons. The van der Waals surface area contributed by atoms with Crippen LogP contribution in [0.1, 0.15) is 20.8 Å². The second-order valence-corrected chi connectivity index (χ2v) is 7.17. The number of aliphatic imine (C=N–C) groups is 1. The molecule has 1 aromatic rings. The predicted octanol–water partition coefficient (Wildman–Crippen LogP) is 2.04. The first-order valence-corrected chi connectivity index (χ1v) is 10.3. The zero-order valence-corrected chi connectivity index (χ0v) is 20.2. The molecule has 2 rings (SSSR count). The van der Waals surface area contributed by atoms with Crippen molar-refractivity contribution in [3.05, 3.63) is 30.3 Å². The number of hydrogen-bond donors (Lipinski definition) is 2. The molecule has 1 heterocycles. The number of guanidine groups is 1. The lowest BCUT2D eigenvalue weighted by Crippen LogP contribution is -2.53. The van der Waals surface area contributed by atoms with Crippen LogP contribution in [-0.2, 0) is 4.79 Å². The Morgan fingerprint density at radius 1 is 1.14 bits per heavy atom. The van der Waals surface area contributed by atoms with E-state index in [1.54, 1.807) is 0 Å². The van der Waals surface area contributed by atoms with Gasteiger partial charge in [0.25, 0.3) is 0 Å².